The lowest BCUT2D eigenvalue weighted by molar-refractivity contribution is -0.144. The molecule has 0 saturated carbocycles. The van der Waals surface area contributed by atoms with Crippen molar-refractivity contribution >= 4 is 17.6 Å². The zero-order valence-corrected chi connectivity index (χ0v) is 19.4. The maximum atomic E-state index is 13.0. The first kappa shape index (κ1) is 25.5. The van der Waals surface area contributed by atoms with E-state index in [1.807, 2.05) is 25.1 Å². The van der Waals surface area contributed by atoms with Crippen molar-refractivity contribution in [1.82, 2.24) is 10.2 Å². The predicted octanol–water partition coefficient (Wildman–Crippen LogP) is 5.51. The van der Waals surface area contributed by atoms with Crippen molar-refractivity contribution in [3.63, 3.8) is 0 Å². The van der Waals surface area contributed by atoms with E-state index in [9.17, 15) is 13.6 Å². The van der Waals surface area contributed by atoms with Gasteiger partial charge in [-0.25, -0.2) is 13.6 Å². The molecular formula is C24H25ClF2N2O5. The lowest BCUT2D eigenvalue weighted by Gasteiger charge is -2.16. The number of rotatable bonds is 12. The highest BCUT2D eigenvalue weighted by molar-refractivity contribution is 6.33. The molecule has 1 heterocycles. The number of carbonyl (C=O) groups is 1. The first-order valence-electron chi connectivity index (χ1n) is 10.6. The highest BCUT2D eigenvalue weighted by Gasteiger charge is 2.17. The van der Waals surface area contributed by atoms with Gasteiger partial charge in [-0.2, -0.15) is 5.10 Å². The molecule has 2 unspecified atom stereocenters. The number of ether oxygens (including phenoxy) is 3. The number of carboxylic acids is 1. The van der Waals surface area contributed by atoms with Gasteiger partial charge in [-0.05, 0) is 49.2 Å². The molecule has 7 nitrogen and oxygen atoms in total. The molecule has 34 heavy (non-hydrogen) atoms. The fourth-order valence-electron chi connectivity index (χ4n) is 3.03. The number of aliphatic carboxylic acids is 1. The number of aromatic amines is 1. The predicted molar refractivity (Wildman–Crippen MR) is 123 cm³/mol. The summed E-state index contributed by atoms with van der Waals surface area (Å²) >= 11 is 6.30. The number of aromatic nitrogens is 2. The van der Waals surface area contributed by atoms with E-state index in [1.54, 1.807) is 24.3 Å². The molecule has 0 saturated heterocycles. The van der Waals surface area contributed by atoms with Gasteiger partial charge in [0.1, 0.15) is 30.5 Å². The van der Waals surface area contributed by atoms with Gasteiger partial charge in [0.15, 0.2) is 6.10 Å². The van der Waals surface area contributed by atoms with Gasteiger partial charge in [0, 0.05) is 11.1 Å². The van der Waals surface area contributed by atoms with Crippen LogP contribution in [0.15, 0.2) is 42.5 Å². The number of benzene rings is 2. The number of aryl methyl sites for hydroxylation is 1. The fraction of sp³-hybridized carbons (Fsp3) is 0.333. The Balaban J connectivity index is 1.68. The molecule has 0 aliphatic heterocycles. The number of nitrogens with one attached hydrogen (secondary N) is 1. The highest BCUT2D eigenvalue weighted by atomic mass is 35.5. The Morgan fingerprint density at radius 1 is 1.21 bits per heavy atom. The van der Waals surface area contributed by atoms with Crippen LogP contribution in [0.4, 0.5) is 8.78 Å². The molecule has 2 atom stereocenters. The summed E-state index contributed by atoms with van der Waals surface area (Å²) < 4.78 is 41.3. The van der Waals surface area contributed by atoms with E-state index in [0.717, 1.165) is 12.0 Å². The topological polar surface area (TPSA) is 93.7 Å². The average molecular weight is 495 g/mol. The Morgan fingerprint density at radius 3 is 2.59 bits per heavy atom. The summed E-state index contributed by atoms with van der Waals surface area (Å²) in [7, 11) is 0. The van der Waals surface area contributed by atoms with Crippen LogP contribution in [0.1, 0.15) is 30.7 Å². The standard InChI is InChI=1S/C24H25ClF2N2O5/c1-3-15-4-5-17(20(10-15)34-14(2)24(30)31)12-32-18-8-6-16(7-9-18)23-22(25)19(28-29-23)13-33-21(27)11-26/h4-10,14,21H,3,11-13H2,1-2H3,(H,28,29)(H,30,31). The summed E-state index contributed by atoms with van der Waals surface area (Å²) in [5.41, 5.74) is 3.21. The second kappa shape index (κ2) is 11.8. The van der Waals surface area contributed by atoms with E-state index in [2.05, 4.69) is 10.2 Å². The summed E-state index contributed by atoms with van der Waals surface area (Å²) in [5.74, 6) is -0.0192. The molecule has 3 aromatic rings. The molecule has 0 amide bonds. The zero-order chi connectivity index (χ0) is 24.7. The van der Waals surface area contributed by atoms with Crippen molar-refractivity contribution in [3.8, 4) is 22.8 Å². The van der Waals surface area contributed by atoms with Crippen LogP contribution in [-0.4, -0.2) is 40.4 Å². The van der Waals surface area contributed by atoms with Gasteiger partial charge >= 0.3 is 5.97 Å². The Morgan fingerprint density at radius 2 is 1.94 bits per heavy atom. The molecule has 3 rings (SSSR count). The molecule has 0 fully saturated rings. The van der Waals surface area contributed by atoms with E-state index < -0.39 is 25.1 Å². The van der Waals surface area contributed by atoms with Crippen LogP contribution in [0, 0.1) is 0 Å². The van der Waals surface area contributed by atoms with Crippen LogP contribution in [-0.2, 0) is 29.2 Å². The fourth-order valence-corrected chi connectivity index (χ4v) is 3.28. The third-order valence-electron chi connectivity index (χ3n) is 5.02. The number of hydrogen-bond acceptors (Lipinski definition) is 5. The van der Waals surface area contributed by atoms with Crippen molar-refractivity contribution in [3.05, 3.63) is 64.3 Å². The summed E-state index contributed by atoms with van der Waals surface area (Å²) in [6.45, 7) is 2.17. The van der Waals surface area contributed by atoms with Crippen LogP contribution < -0.4 is 9.47 Å². The molecule has 2 aromatic carbocycles. The third kappa shape index (κ3) is 6.45. The monoisotopic (exact) mass is 494 g/mol. The first-order valence-corrected chi connectivity index (χ1v) is 11.0. The quantitative estimate of drug-likeness (QED) is 0.345. The van der Waals surface area contributed by atoms with E-state index >= 15 is 0 Å². The minimum absolute atomic E-state index is 0.175. The highest BCUT2D eigenvalue weighted by Crippen LogP contribution is 2.31. The van der Waals surface area contributed by atoms with E-state index in [1.165, 1.54) is 6.92 Å². The smallest absolute Gasteiger partial charge is 0.344 e. The number of H-pyrrole nitrogens is 1. The molecule has 0 aliphatic rings. The molecule has 182 valence electrons. The van der Waals surface area contributed by atoms with Gasteiger partial charge in [-0.3, -0.25) is 5.10 Å². The second-order valence-corrected chi connectivity index (χ2v) is 7.83. The van der Waals surface area contributed by atoms with Gasteiger partial charge in [-0.1, -0.05) is 30.7 Å². The van der Waals surface area contributed by atoms with Crippen molar-refractivity contribution in [2.45, 2.75) is 45.9 Å². The third-order valence-corrected chi connectivity index (χ3v) is 5.43. The molecule has 0 radical (unpaired) electrons. The lowest BCUT2D eigenvalue weighted by atomic mass is 10.1. The second-order valence-electron chi connectivity index (χ2n) is 7.45. The summed E-state index contributed by atoms with van der Waals surface area (Å²) in [6, 6.07) is 12.6. The summed E-state index contributed by atoms with van der Waals surface area (Å²) in [6.07, 6.45) is -2.23. The Kier molecular flexibility index (Phi) is 8.84. The molecule has 10 heteroatoms. The van der Waals surface area contributed by atoms with Gasteiger partial charge in [0.2, 0.25) is 6.36 Å². The maximum absolute atomic E-state index is 13.0. The van der Waals surface area contributed by atoms with Crippen molar-refractivity contribution < 1.29 is 32.9 Å². The van der Waals surface area contributed by atoms with E-state index in [0.29, 0.717) is 34.0 Å². The average Bonchev–Trinajstić information content (AvgIpc) is 3.21. The van der Waals surface area contributed by atoms with Crippen molar-refractivity contribution in [1.29, 1.82) is 0 Å². The molecule has 0 aliphatic carbocycles. The Labute approximate surface area is 200 Å². The number of nitrogens with zero attached hydrogens (tertiary/aromatic N) is 1. The SMILES string of the molecule is CCc1ccc(COc2ccc(-c3n[nH]c(COC(F)CF)c3Cl)cc2)c(OC(C)C(=O)O)c1. The van der Waals surface area contributed by atoms with Gasteiger partial charge < -0.3 is 19.3 Å². The first-order chi connectivity index (χ1) is 16.3. The van der Waals surface area contributed by atoms with Crippen LogP contribution in [0.25, 0.3) is 11.3 Å². The molecule has 1 aromatic heterocycles. The van der Waals surface area contributed by atoms with Gasteiger partial charge in [-0.15, -0.1) is 0 Å². The minimum Gasteiger partial charge on any atom is -0.489 e. The number of halogens is 3. The lowest BCUT2D eigenvalue weighted by Crippen LogP contribution is -2.23. The Bertz CT molecular complexity index is 1110. The molecular weight excluding hydrogens is 470 g/mol. The van der Waals surface area contributed by atoms with Crippen molar-refractivity contribution in [2.24, 2.45) is 0 Å². The summed E-state index contributed by atoms with van der Waals surface area (Å²) in [4.78, 5) is 11.2. The van der Waals surface area contributed by atoms with Crippen LogP contribution in [0.2, 0.25) is 5.02 Å². The van der Waals surface area contributed by atoms with Gasteiger partial charge in [0.05, 0.1) is 17.3 Å². The minimum atomic E-state index is -2.02. The summed E-state index contributed by atoms with van der Waals surface area (Å²) in [5, 5.41) is 16.2. The van der Waals surface area contributed by atoms with Crippen LogP contribution in [0.3, 0.4) is 0 Å². The molecule has 0 spiro atoms. The van der Waals surface area contributed by atoms with Crippen molar-refractivity contribution in [2.75, 3.05) is 6.67 Å². The number of carboxylic acid groups (broad SMARTS) is 1. The molecule has 0 bridgehead atoms. The van der Waals surface area contributed by atoms with Crippen LogP contribution >= 0.6 is 11.6 Å². The zero-order valence-electron chi connectivity index (χ0n) is 18.7. The number of hydrogen-bond donors (Lipinski definition) is 2. The van der Waals surface area contributed by atoms with Gasteiger partial charge in [0.25, 0.3) is 0 Å². The largest absolute Gasteiger partial charge is 0.489 e. The van der Waals surface area contributed by atoms with E-state index in [-0.39, 0.29) is 18.2 Å². The maximum Gasteiger partial charge on any atom is 0.344 e. The van der Waals surface area contributed by atoms with Crippen LogP contribution in [0.5, 0.6) is 11.5 Å². The molecule has 2 N–H and O–H groups in total. The van der Waals surface area contributed by atoms with E-state index in [4.69, 9.17) is 30.9 Å². The normalized spacial score (nSPS) is 12.9. The Hall–Kier alpha value is -3.17. The number of alkyl halides is 2.